The Balaban J connectivity index is 0.000000444. The van der Waals surface area contributed by atoms with Gasteiger partial charge in [-0.05, 0) is 64.9 Å². The van der Waals surface area contributed by atoms with Gasteiger partial charge in [0, 0.05) is 32.0 Å². The van der Waals surface area contributed by atoms with Crippen molar-refractivity contribution < 1.29 is 30.3 Å². The van der Waals surface area contributed by atoms with Crippen molar-refractivity contribution in [1.29, 1.82) is 0 Å². The SMILES string of the molecule is C/C(O)=C/C(C)O.CC(C)c1ccc2c(-c3[c-]c4ccc5ccccc5c4c(C(C)C)c3)nccc2c1.[Ir]. The van der Waals surface area contributed by atoms with Crippen LogP contribution in [0.1, 0.15) is 64.5 Å². The second-order valence-electron chi connectivity index (χ2n) is 10.3. The van der Waals surface area contributed by atoms with Crippen LogP contribution in [-0.2, 0) is 20.1 Å². The zero-order valence-corrected chi connectivity index (χ0v) is 25.3. The van der Waals surface area contributed by atoms with E-state index in [0.717, 1.165) is 16.6 Å². The summed E-state index contributed by atoms with van der Waals surface area (Å²) in [6.07, 6.45) is 2.75. The summed E-state index contributed by atoms with van der Waals surface area (Å²) in [6.45, 7) is 12.1. The zero-order chi connectivity index (χ0) is 26.7. The van der Waals surface area contributed by atoms with Crippen molar-refractivity contribution in [3.05, 3.63) is 102 Å². The molecular formula is C34H36IrNO2-. The zero-order valence-electron chi connectivity index (χ0n) is 22.9. The van der Waals surface area contributed by atoms with Crippen LogP contribution >= 0.6 is 0 Å². The van der Waals surface area contributed by atoms with Crippen molar-refractivity contribution in [2.75, 3.05) is 0 Å². The maximum absolute atomic E-state index is 8.49. The van der Waals surface area contributed by atoms with Crippen LogP contribution in [0.5, 0.6) is 0 Å². The molecule has 0 fully saturated rings. The molecule has 5 rings (SSSR count). The van der Waals surface area contributed by atoms with Gasteiger partial charge >= 0.3 is 0 Å². The Bertz CT molecular complexity index is 1580. The van der Waals surface area contributed by atoms with Gasteiger partial charge in [0.2, 0.25) is 0 Å². The monoisotopic (exact) mass is 683 g/mol. The van der Waals surface area contributed by atoms with Crippen LogP contribution in [0.4, 0.5) is 0 Å². The van der Waals surface area contributed by atoms with Gasteiger partial charge in [0.05, 0.1) is 11.9 Å². The van der Waals surface area contributed by atoms with Gasteiger partial charge in [-0.15, -0.1) is 29.1 Å². The van der Waals surface area contributed by atoms with Crippen LogP contribution < -0.4 is 0 Å². The number of aliphatic hydroxyl groups is 2. The van der Waals surface area contributed by atoms with Crippen molar-refractivity contribution in [1.82, 2.24) is 4.98 Å². The van der Waals surface area contributed by atoms with E-state index in [-0.39, 0.29) is 25.9 Å². The van der Waals surface area contributed by atoms with Gasteiger partial charge in [-0.2, -0.15) is 0 Å². The minimum atomic E-state index is -0.537. The minimum Gasteiger partial charge on any atom is -0.513 e. The fraction of sp³-hybridized carbons (Fsp3) is 0.265. The average molecular weight is 683 g/mol. The average Bonchev–Trinajstić information content (AvgIpc) is 2.86. The van der Waals surface area contributed by atoms with Gasteiger partial charge < -0.3 is 10.2 Å². The van der Waals surface area contributed by atoms with Crippen molar-refractivity contribution >= 4 is 32.3 Å². The van der Waals surface area contributed by atoms with E-state index in [0.29, 0.717) is 11.8 Å². The molecule has 199 valence electrons. The number of allylic oxidation sites excluding steroid dienone is 1. The molecular weight excluding hydrogens is 647 g/mol. The molecule has 1 aromatic heterocycles. The van der Waals surface area contributed by atoms with Gasteiger partial charge in [0.1, 0.15) is 0 Å². The van der Waals surface area contributed by atoms with Gasteiger partial charge in [0.25, 0.3) is 0 Å². The molecule has 0 aliphatic rings. The summed E-state index contributed by atoms with van der Waals surface area (Å²) < 4.78 is 0. The Morgan fingerprint density at radius 3 is 2.21 bits per heavy atom. The summed E-state index contributed by atoms with van der Waals surface area (Å²) in [7, 11) is 0. The van der Waals surface area contributed by atoms with Gasteiger partial charge in [0.15, 0.2) is 0 Å². The molecule has 38 heavy (non-hydrogen) atoms. The number of pyridine rings is 1. The van der Waals surface area contributed by atoms with Crippen LogP contribution in [-0.4, -0.2) is 21.3 Å². The fourth-order valence-corrected chi connectivity index (χ4v) is 4.80. The molecule has 1 radical (unpaired) electrons. The molecule has 3 nitrogen and oxygen atoms in total. The third kappa shape index (κ3) is 6.50. The number of benzene rings is 4. The Labute approximate surface area is 239 Å². The first-order valence-corrected chi connectivity index (χ1v) is 13.0. The smallest absolute Gasteiger partial charge is 0.0877 e. The van der Waals surface area contributed by atoms with E-state index in [4.69, 9.17) is 15.2 Å². The standard InChI is InChI=1S/C29H26N.C5H10O2.Ir/c1-18(2)21-11-12-26-22(15-21)13-14-30-29(26)24-16-23-10-9-20-7-5-6-8-25(20)28(23)27(17-24)19(3)4;1-4(6)3-5(2)7;/h5-15,17-19H,1-4H3;3-4,6-7H,1-2H3;/q-1;;/b;5-3-;. The van der Waals surface area contributed by atoms with E-state index in [2.05, 4.69) is 100 Å². The summed E-state index contributed by atoms with van der Waals surface area (Å²) in [5.41, 5.74) is 4.80. The van der Waals surface area contributed by atoms with Crippen molar-refractivity contribution in [3.63, 3.8) is 0 Å². The molecule has 0 amide bonds. The maximum atomic E-state index is 8.49. The van der Waals surface area contributed by atoms with E-state index in [1.165, 1.54) is 51.1 Å². The van der Waals surface area contributed by atoms with Crippen molar-refractivity contribution in [2.24, 2.45) is 0 Å². The fourth-order valence-electron chi connectivity index (χ4n) is 4.80. The van der Waals surface area contributed by atoms with E-state index in [9.17, 15) is 0 Å². The Hall–Kier alpha value is -3.04. The largest absolute Gasteiger partial charge is 0.513 e. The van der Waals surface area contributed by atoms with Crippen LogP contribution in [0.15, 0.2) is 84.8 Å². The van der Waals surface area contributed by atoms with Gasteiger partial charge in [-0.3, -0.25) is 4.98 Å². The molecule has 4 heteroatoms. The van der Waals surface area contributed by atoms with Crippen molar-refractivity contribution in [2.45, 2.75) is 59.5 Å². The Morgan fingerprint density at radius 1 is 0.842 bits per heavy atom. The molecule has 2 N–H and O–H groups in total. The van der Waals surface area contributed by atoms with Crippen LogP contribution in [0.3, 0.4) is 0 Å². The van der Waals surface area contributed by atoms with Crippen LogP contribution in [0.2, 0.25) is 0 Å². The van der Waals surface area contributed by atoms with E-state index in [1.54, 1.807) is 6.92 Å². The van der Waals surface area contributed by atoms with E-state index >= 15 is 0 Å². The Kier molecular flexibility index (Phi) is 9.84. The maximum Gasteiger partial charge on any atom is 0.0877 e. The minimum absolute atomic E-state index is 0. The predicted octanol–water partition coefficient (Wildman–Crippen LogP) is 9.08. The Morgan fingerprint density at radius 2 is 1.58 bits per heavy atom. The number of rotatable bonds is 4. The summed E-state index contributed by atoms with van der Waals surface area (Å²) in [5, 5.41) is 24.4. The molecule has 0 saturated carbocycles. The second kappa shape index (κ2) is 12.7. The van der Waals surface area contributed by atoms with E-state index in [1.807, 2.05) is 6.20 Å². The van der Waals surface area contributed by atoms with Crippen LogP contribution in [0, 0.1) is 6.07 Å². The van der Waals surface area contributed by atoms with Gasteiger partial charge in [-0.1, -0.05) is 87.2 Å². The molecule has 0 aliphatic carbocycles. The first-order valence-electron chi connectivity index (χ1n) is 13.0. The quantitative estimate of drug-likeness (QED) is 0.113. The van der Waals surface area contributed by atoms with E-state index < -0.39 is 6.10 Å². The van der Waals surface area contributed by atoms with Gasteiger partial charge in [-0.25, -0.2) is 0 Å². The molecule has 4 aromatic carbocycles. The molecule has 0 spiro atoms. The number of aliphatic hydroxyl groups excluding tert-OH is 2. The third-order valence-electron chi connectivity index (χ3n) is 6.60. The molecule has 0 saturated heterocycles. The number of hydrogen-bond donors (Lipinski definition) is 2. The molecule has 0 bridgehead atoms. The molecule has 0 aliphatic heterocycles. The van der Waals surface area contributed by atoms with Crippen molar-refractivity contribution in [3.8, 4) is 11.3 Å². The first-order chi connectivity index (χ1) is 17.7. The summed E-state index contributed by atoms with van der Waals surface area (Å²) in [4.78, 5) is 4.79. The molecule has 1 unspecified atom stereocenters. The summed E-state index contributed by atoms with van der Waals surface area (Å²) in [6, 6.07) is 27.9. The number of nitrogens with zero attached hydrogens (tertiary/aromatic N) is 1. The normalized spacial score (nSPS) is 12.5. The topological polar surface area (TPSA) is 53.4 Å². The molecule has 1 heterocycles. The molecule has 1 atom stereocenters. The second-order valence-corrected chi connectivity index (χ2v) is 10.3. The molecule has 5 aromatic rings. The first kappa shape index (κ1) is 29.5. The summed E-state index contributed by atoms with van der Waals surface area (Å²) in [5.74, 6) is 1.09. The number of fused-ring (bicyclic) bond motifs is 4. The number of aromatic nitrogens is 1. The summed E-state index contributed by atoms with van der Waals surface area (Å²) >= 11 is 0. The van der Waals surface area contributed by atoms with Crippen LogP contribution in [0.25, 0.3) is 43.6 Å². The third-order valence-corrected chi connectivity index (χ3v) is 6.60. The predicted molar refractivity (Wildman–Crippen MR) is 157 cm³/mol. The number of hydrogen-bond acceptors (Lipinski definition) is 3.